The summed E-state index contributed by atoms with van der Waals surface area (Å²) in [5.74, 6) is 0.924. The van der Waals surface area contributed by atoms with Crippen molar-refractivity contribution in [2.24, 2.45) is 5.92 Å². The standard InChI is InChI=1S/C8H10BrN3S/c9-7-10-11-8(13-7)12-4-5-1-2-6(12)3-5/h5-6H,1-4H2. The SMILES string of the molecule is Brc1nnc(N2CC3CCC2C3)s1. The molecule has 0 N–H and O–H groups in total. The van der Waals surface area contributed by atoms with Gasteiger partial charge in [-0.05, 0) is 41.1 Å². The molecule has 1 saturated carbocycles. The number of halogens is 1. The van der Waals surface area contributed by atoms with Gasteiger partial charge in [0, 0.05) is 12.6 Å². The third kappa shape index (κ3) is 1.29. The summed E-state index contributed by atoms with van der Waals surface area (Å²) in [6.07, 6.45) is 4.14. The van der Waals surface area contributed by atoms with E-state index in [1.807, 2.05) is 0 Å². The molecule has 3 nitrogen and oxygen atoms in total. The van der Waals surface area contributed by atoms with Crippen molar-refractivity contribution in [1.82, 2.24) is 10.2 Å². The molecular weight excluding hydrogens is 250 g/mol. The van der Waals surface area contributed by atoms with Crippen molar-refractivity contribution in [3.05, 3.63) is 3.92 Å². The number of fused-ring (bicyclic) bond motifs is 2. The van der Waals surface area contributed by atoms with Gasteiger partial charge in [-0.15, -0.1) is 10.2 Å². The van der Waals surface area contributed by atoms with Crippen molar-refractivity contribution >= 4 is 32.4 Å². The Morgan fingerprint density at radius 1 is 1.38 bits per heavy atom. The molecule has 1 aliphatic carbocycles. The predicted octanol–water partition coefficient (Wildman–Crippen LogP) is 2.29. The third-order valence-corrected chi connectivity index (χ3v) is 4.44. The van der Waals surface area contributed by atoms with Gasteiger partial charge in [0.05, 0.1) is 0 Å². The average molecular weight is 260 g/mol. The van der Waals surface area contributed by atoms with E-state index in [-0.39, 0.29) is 0 Å². The molecule has 2 bridgehead atoms. The Labute approximate surface area is 89.3 Å². The van der Waals surface area contributed by atoms with Gasteiger partial charge in [-0.25, -0.2) is 0 Å². The lowest BCUT2D eigenvalue weighted by Crippen LogP contribution is -2.31. The number of piperidine rings is 1. The van der Waals surface area contributed by atoms with Crippen LogP contribution in [0.15, 0.2) is 3.92 Å². The van der Waals surface area contributed by atoms with E-state index in [1.54, 1.807) is 11.3 Å². The molecule has 2 heterocycles. The second-order valence-corrected chi connectivity index (χ2v) is 6.05. The normalized spacial score (nSPS) is 31.6. The molecular formula is C8H10BrN3S. The zero-order valence-corrected chi connectivity index (χ0v) is 9.51. The number of rotatable bonds is 1. The molecule has 5 heteroatoms. The highest BCUT2D eigenvalue weighted by Gasteiger charge is 2.39. The quantitative estimate of drug-likeness (QED) is 0.775. The van der Waals surface area contributed by atoms with Gasteiger partial charge in [0.15, 0.2) is 3.92 Å². The van der Waals surface area contributed by atoms with E-state index in [0.717, 1.165) is 21.0 Å². The Morgan fingerprint density at radius 3 is 2.85 bits per heavy atom. The highest BCUT2D eigenvalue weighted by Crippen LogP contribution is 2.41. The minimum atomic E-state index is 0.754. The topological polar surface area (TPSA) is 29.0 Å². The molecule has 0 spiro atoms. The van der Waals surface area contributed by atoms with Crippen LogP contribution in [0, 0.1) is 5.92 Å². The van der Waals surface area contributed by atoms with E-state index in [0.29, 0.717) is 0 Å². The van der Waals surface area contributed by atoms with E-state index >= 15 is 0 Å². The van der Waals surface area contributed by atoms with Gasteiger partial charge in [-0.1, -0.05) is 11.3 Å². The largest absolute Gasteiger partial charge is 0.343 e. The molecule has 2 unspecified atom stereocenters. The number of hydrogen-bond donors (Lipinski definition) is 0. The maximum Gasteiger partial charge on any atom is 0.209 e. The van der Waals surface area contributed by atoms with Gasteiger partial charge in [-0.2, -0.15) is 0 Å². The van der Waals surface area contributed by atoms with Crippen LogP contribution < -0.4 is 4.90 Å². The number of hydrogen-bond acceptors (Lipinski definition) is 4. The molecule has 2 fully saturated rings. The number of aromatic nitrogens is 2. The minimum Gasteiger partial charge on any atom is -0.343 e. The third-order valence-electron chi connectivity index (χ3n) is 3.04. The first-order valence-electron chi connectivity index (χ1n) is 4.58. The fourth-order valence-electron chi connectivity index (χ4n) is 2.47. The van der Waals surface area contributed by atoms with Gasteiger partial charge in [0.1, 0.15) is 0 Å². The Morgan fingerprint density at radius 2 is 2.31 bits per heavy atom. The van der Waals surface area contributed by atoms with Crippen LogP contribution in [0.5, 0.6) is 0 Å². The Bertz CT molecular complexity index is 327. The van der Waals surface area contributed by atoms with Crippen molar-refractivity contribution in [3.8, 4) is 0 Å². The van der Waals surface area contributed by atoms with Crippen LogP contribution in [0.3, 0.4) is 0 Å². The molecule has 1 saturated heterocycles. The fraction of sp³-hybridized carbons (Fsp3) is 0.750. The maximum absolute atomic E-state index is 4.16. The molecule has 1 aromatic heterocycles. The van der Waals surface area contributed by atoms with E-state index in [2.05, 4.69) is 31.0 Å². The number of anilines is 1. The summed E-state index contributed by atoms with van der Waals surface area (Å²) in [4.78, 5) is 2.43. The second kappa shape index (κ2) is 2.92. The fourth-order valence-corrected chi connectivity index (χ4v) is 3.64. The summed E-state index contributed by atoms with van der Waals surface area (Å²) in [5.41, 5.74) is 0. The molecule has 2 aliphatic rings. The van der Waals surface area contributed by atoms with Gasteiger partial charge in [0.25, 0.3) is 0 Å². The van der Waals surface area contributed by atoms with Gasteiger partial charge >= 0.3 is 0 Å². The van der Waals surface area contributed by atoms with E-state index in [9.17, 15) is 0 Å². The molecule has 1 aromatic rings. The summed E-state index contributed by atoms with van der Waals surface area (Å²) in [6.45, 7) is 1.20. The highest BCUT2D eigenvalue weighted by molar-refractivity contribution is 9.11. The van der Waals surface area contributed by atoms with Crippen LogP contribution in [0.2, 0.25) is 0 Å². The van der Waals surface area contributed by atoms with E-state index in [1.165, 1.54) is 25.8 Å². The summed E-state index contributed by atoms with van der Waals surface area (Å²) in [7, 11) is 0. The second-order valence-electron chi connectivity index (χ2n) is 3.82. The Balaban J connectivity index is 1.87. The van der Waals surface area contributed by atoms with Crippen LogP contribution in [-0.2, 0) is 0 Å². The van der Waals surface area contributed by atoms with Gasteiger partial charge in [-0.3, -0.25) is 0 Å². The lowest BCUT2D eigenvalue weighted by Gasteiger charge is -2.25. The lowest BCUT2D eigenvalue weighted by molar-refractivity contribution is 0.552. The predicted molar refractivity (Wildman–Crippen MR) is 56.1 cm³/mol. The van der Waals surface area contributed by atoms with Crippen molar-refractivity contribution in [2.75, 3.05) is 11.4 Å². The van der Waals surface area contributed by atoms with Crippen LogP contribution in [-0.4, -0.2) is 22.8 Å². The maximum atomic E-state index is 4.16. The summed E-state index contributed by atoms with van der Waals surface area (Å²) in [5, 5.41) is 9.25. The molecule has 0 amide bonds. The first-order chi connectivity index (χ1) is 6.33. The highest BCUT2D eigenvalue weighted by atomic mass is 79.9. The van der Waals surface area contributed by atoms with Crippen LogP contribution in [0.4, 0.5) is 5.13 Å². The summed E-state index contributed by atoms with van der Waals surface area (Å²) >= 11 is 5.00. The van der Waals surface area contributed by atoms with Crippen LogP contribution in [0.25, 0.3) is 0 Å². The minimum absolute atomic E-state index is 0.754. The summed E-state index contributed by atoms with van der Waals surface area (Å²) in [6, 6.07) is 0.754. The number of nitrogens with zero attached hydrogens (tertiary/aromatic N) is 3. The molecule has 1 aliphatic heterocycles. The van der Waals surface area contributed by atoms with Gasteiger partial charge < -0.3 is 4.90 Å². The average Bonchev–Trinajstić information content (AvgIpc) is 2.77. The Kier molecular flexibility index (Phi) is 1.83. The first kappa shape index (κ1) is 8.17. The van der Waals surface area contributed by atoms with Crippen molar-refractivity contribution in [1.29, 1.82) is 0 Å². The Hall–Kier alpha value is -0.160. The van der Waals surface area contributed by atoms with Crippen LogP contribution >= 0.6 is 27.3 Å². The molecule has 3 rings (SSSR count). The molecule has 2 atom stereocenters. The van der Waals surface area contributed by atoms with Gasteiger partial charge in [0.2, 0.25) is 5.13 Å². The molecule has 0 aromatic carbocycles. The van der Waals surface area contributed by atoms with Crippen molar-refractivity contribution in [2.45, 2.75) is 25.3 Å². The molecule has 70 valence electrons. The van der Waals surface area contributed by atoms with Crippen molar-refractivity contribution in [3.63, 3.8) is 0 Å². The van der Waals surface area contributed by atoms with Crippen LogP contribution in [0.1, 0.15) is 19.3 Å². The zero-order chi connectivity index (χ0) is 8.84. The van der Waals surface area contributed by atoms with Crippen molar-refractivity contribution < 1.29 is 0 Å². The first-order valence-corrected chi connectivity index (χ1v) is 6.19. The monoisotopic (exact) mass is 259 g/mol. The van der Waals surface area contributed by atoms with E-state index in [4.69, 9.17) is 0 Å². The molecule has 13 heavy (non-hydrogen) atoms. The lowest BCUT2D eigenvalue weighted by atomic mass is 10.1. The smallest absolute Gasteiger partial charge is 0.209 e. The molecule has 0 radical (unpaired) electrons. The zero-order valence-electron chi connectivity index (χ0n) is 7.11. The van der Waals surface area contributed by atoms with E-state index < -0.39 is 0 Å². The summed E-state index contributed by atoms with van der Waals surface area (Å²) < 4.78 is 0.894.